The summed E-state index contributed by atoms with van der Waals surface area (Å²) in [4.78, 5) is 0. The van der Waals surface area contributed by atoms with Gasteiger partial charge in [0.25, 0.3) is 0 Å². The highest BCUT2D eigenvalue weighted by atomic mass is 16.5. The number of nitrogen functional groups attached to an aromatic ring is 1. The highest BCUT2D eigenvalue weighted by Crippen LogP contribution is 2.28. The molecule has 0 bridgehead atoms. The summed E-state index contributed by atoms with van der Waals surface area (Å²) in [5.41, 5.74) is 8.39. The fourth-order valence-electron chi connectivity index (χ4n) is 1.91. The van der Waals surface area contributed by atoms with Crippen LogP contribution in [0.15, 0.2) is 42.5 Å². The fraction of sp³-hybridized carbons (Fsp3) is 0.188. The van der Waals surface area contributed by atoms with Gasteiger partial charge in [0.05, 0.1) is 12.5 Å². The van der Waals surface area contributed by atoms with Gasteiger partial charge in [-0.2, -0.15) is 5.26 Å². The summed E-state index contributed by atoms with van der Waals surface area (Å²) >= 11 is 0. The van der Waals surface area contributed by atoms with E-state index in [1.54, 1.807) is 6.07 Å². The molecule has 2 aromatic carbocycles. The maximum atomic E-state index is 8.76. The Morgan fingerprint density at radius 1 is 1.16 bits per heavy atom. The average Bonchev–Trinajstić information content (AvgIpc) is 2.43. The van der Waals surface area contributed by atoms with Crippen LogP contribution in [0.1, 0.15) is 18.1 Å². The first-order valence-corrected chi connectivity index (χ1v) is 6.25. The summed E-state index contributed by atoms with van der Waals surface area (Å²) in [6.45, 7) is 2.09. The summed E-state index contributed by atoms with van der Waals surface area (Å²) in [7, 11) is 0. The molecule has 3 nitrogen and oxygen atoms in total. The Labute approximate surface area is 113 Å². The molecule has 19 heavy (non-hydrogen) atoms. The van der Waals surface area contributed by atoms with Crippen molar-refractivity contribution in [3.05, 3.63) is 53.6 Å². The fourth-order valence-corrected chi connectivity index (χ4v) is 1.91. The van der Waals surface area contributed by atoms with Gasteiger partial charge in [-0.15, -0.1) is 0 Å². The van der Waals surface area contributed by atoms with Gasteiger partial charge in [0, 0.05) is 5.69 Å². The van der Waals surface area contributed by atoms with E-state index in [0.29, 0.717) is 17.9 Å². The number of ether oxygens (including phenoxy) is 1. The first-order valence-electron chi connectivity index (χ1n) is 6.25. The molecule has 0 atom stereocenters. The van der Waals surface area contributed by atoms with E-state index in [0.717, 1.165) is 23.3 Å². The van der Waals surface area contributed by atoms with Gasteiger partial charge in [-0.05, 0) is 41.8 Å². The number of rotatable bonds is 4. The van der Waals surface area contributed by atoms with Gasteiger partial charge >= 0.3 is 0 Å². The molecule has 0 amide bonds. The van der Waals surface area contributed by atoms with Gasteiger partial charge < -0.3 is 10.5 Å². The maximum Gasteiger partial charge on any atom is 0.130 e. The number of anilines is 1. The third-order valence-electron chi connectivity index (χ3n) is 2.97. The lowest BCUT2D eigenvalue weighted by molar-refractivity contribution is 0.476. The number of nitrogens with two attached hydrogens (primary N) is 1. The van der Waals surface area contributed by atoms with Crippen LogP contribution in [0, 0.1) is 11.3 Å². The SMILES string of the molecule is CCc1ccccc1Oc1ccc(N)c(CC#N)c1. The van der Waals surface area contributed by atoms with Crippen LogP contribution in [0.2, 0.25) is 0 Å². The molecule has 0 aliphatic rings. The van der Waals surface area contributed by atoms with Crippen molar-refractivity contribution in [1.29, 1.82) is 5.26 Å². The third kappa shape index (κ3) is 3.05. The largest absolute Gasteiger partial charge is 0.457 e. The first kappa shape index (κ1) is 13.0. The van der Waals surface area contributed by atoms with Crippen LogP contribution < -0.4 is 10.5 Å². The van der Waals surface area contributed by atoms with Crippen molar-refractivity contribution in [2.75, 3.05) is 5.73 Å². The summed E-state index contributed by atoms with van der Waals surface area (Å²) in [6.07, 6.45) is 1.20. The minimum Gasteiger partial charge on any atom is -0.457 e. The molecule has 0 saturated carbocycles. The second-order valence-electron chi connectivity index (χ2n) is 4.26. The minimum absolute atomic E-state index is 0.290. The molecule has 0 spiro atoms. The topological polar surface area (TPSA) is 59.0 Å². The highest BCUT2D eigenvalue weighted by Gasteiger charge is 2.05. The van der Waals surface area contributed by atoms with E-state index in [1.165, 1.54) is 0 Å². The van der Waals surface area contributed by atoms with Gasteiger partial charge in [0.1, 0.15) is 11.5 Å². The molecule has 0 aliphatic carbocycles. The number of aryl methyl sites for hydroxylation is 1. The molecule has 96 valence electrons. The number of benzene rings is 2. The van der Waals surface area contributed by atoms with Crippen LogP contribution >= 0.6 is 0 Å². The Hall–Kier alpha value is -2.47. The monoisotopic (exact) mass is 252 g/mol. The molecule has 0 aliphatic heterocycles. The van der Waals surface area contributed by atoms with Gasteiger partial charge in [-0.25, -0.2) is 0 Å². The number of hydrogen-bond donors (Lipinski definition) is 1. The zero-order chi connectivity index (χ0) is 13.7. The lowest BCUT2D eigenvalue weighted by Gasteiger charge is -2.11. The van der Waals surface area contributed by atoms with Crippen LogP contribution in [-0.2, 0) is 12.8 Å². The number of para-hydroxylation sites is 1. The summed E-state index contributed by atoms with van der Waals surface area (Å²) in [6, 6.07) is 15.5. The number of hydrogen-bond acceptors (Lipinski definition) is 3. The van der Waals surface area contributed by atoms with Crippen LogP contribution in [0.4, 0.5) is 5.69 Å². The minimum atomic E-state index is 0.290. The number of nitriles is 1. The van der Waals surface area contributed by atoms with Gasteiger partial charge in [-0.3, -0.25) is 0 Å². The van der Waals surface area contributed by atoms with Crippen LogP contribution in [0.3, 0.4) is 0 Å². The molecular weight excluding hydrogens is 236 g/mol. The Bertz CT molecular complexity index is 614. The Balaban J connectivity index is 2.28. The average molecular weight is 252 g/mol. The van der Waals surface area contributed by atoms with Crippen molar-refractivity contribution in [1.82, 2.24) is 0 Å². The molecule has 0 unspecified atom stereocenters. The van der Waals surface area contributed by atoms with Crippen molar-refractivity contribution in [3.8, 4) is 17.6 Å². The standard InChI is InChI=1S/C16H16N2O/c1-2-12-5-3-4-6-16(12)19-14-7-8-15(18)13(11-14)9-10-17/h3-8,11H,2,9,18H2,1H3. The van der Waals surface area contributed by atoms with E-state index >= 15 is 0 Å². The first-order chi connectivity index (χ1) is 9.24. The van der Waals surface area contributed by atoms with Crippen molar-refractivity contribution in [3.63, 3.8) is 0 Å². The van der Waals surface area contributed by atoms with Crippen molar-refractivity contribution in [2.45, 2.75) is 19.8 Å². The Morgan fingerprint density at radius 3 is 2.68 bits per heavy atom. The molecule has 0 heterocycles. The molecule has 0 saturated heterocycles. The van der Waals surface area contributed by atoms with Crippen LogP contribution in [-0.4, -0.2) is 0 Å². The third-order valence-corrected chi connectivity index (χ3v) is 2.97. The predicted octanol–water partition coefficient (Wildman–Crippen LogP) is 3.69. The van der Waals surface area contributed by atoms with Crippen LogP contribution in [0.5, 0.6) is 11.5 Å². The van der Waals surface area contributed by atoms with Gasteiger partial charge in [0.15, 0.2) is 0 Å². The molecule has 0 radical (unpaired) electrons. The summed E-state index contributed by atoms with van der Waals surface area (Å²) < 4.78 is 5.88. The Morgan fingerprint density at radius 2 is 1.95 bits per heavy atom. The lowest BCUT2D eigenvalue weighted by Crippen LogP contribution is -1.95. The quantitative estimate of drug-likeness (QED) is 0.844. The molecular formula is C16H16N2O. The van der Waals surface area contributed by atoms with E-state index in [4.69, 9.17) is 15.7 Å². The van der Waals surface area contributed by atoms with E-state index in [9.17, 15) is 0 Å². The van der Waals surface area contributed by atoms with Gasteiger partial charge in [0.2, 0.25) is 0 Å². The highest BCUT2D eigenvalue weighted by molar-refractivity contribution is 5.52. The zero-order valence-electron chi connectivity index (χ0n) is 10.9. The molecule has 0 fully saturated rings. The van der Waals surface area contributed by atoms with E-state index in [1.807, 2.05) is 36.4 Å². The zero-order valence-corrected chi connectivity index (χ0v) is 10.9. The van der Waals surface area contributed by atoms with Gasteiger partial charge in [-0.1, -0.05) is 25.1 Å². The van der Waals surface area contributed by atoms with Crippen molar-refractivity contribution >= 4 is 5.69 Å². The van der Waals surface area contributed by atoms with Crippen molar-refractivity contribution < 1.29 is 4.74 Å². The molecule has 2 rings (SSSR count). The molecule has 0 aromatic heterocycles. The normalized spacial score (nSPS) is 9.89. The molecule has 2 N–H and O–H groups in total. The Kier molecular flexibility index (Phi) is 4.04. The second kappa shape index (κ2) is 5.92. The lowest BCUT2D eigenvalue weighted by atomic mass is 10.1. The van der Waals surface area contributed by atoms with E-state index < -0.39 is 0 Å². The summed E-state index contributed by atoms with van der Waals surface area (Å²) in [5, 5.41) is 8.76. The van der Waals surface area contributed by atoms with Crippen LogP contribution in [0.25, 0.3) is 0 Å². The van der Waals surface area contributed by atoms with E-state index in [-0.39, 0.29) is 0 Å². The smallest absolute Gasteiger partial charge is 0.130 e. The second-order valence-corrected chi connectivity index (χ2v) is 4.26. The maximum absolute atomic E-state index is 8.76. The predicted molar refractivity (Wildman–Crippen MR) is 76.1 cm³/mol. The summed E-state index contributed by atoms with van der Waals surface area (Å²) in [5.74, 6) is 1.55. The molecule has 2 aromatic rings. The van der Waals surface area contributed by atoms with Crippen molar-refractivity contribution in [2.24, 2.45) is 0 Å². The van der Waals surface area contributed by atoms with E-state index in [2.05, 4.69) is 13.0 Å². The number of nitrogens with zero attached hydrogens (tertiary/aromatic N) is 1. The molecule has 3 heteroatoms.